The molecule has 2 aromatic carbocycles. The molecule has 0 N–H and O–H groups in total. The van der Waals surface area contributed by atoms with E-state index in [0.29, 0.717) is 6.07 Å². The van der Waals surface area contributed by atoms with Gasteiger partial charge in [-0.05, 0) is 29.8 Å². The van der Waals surface area contributed by atoms with Gasteiger partial charge in [-0.2, -0.15) is 13.2 Å². The van der Waals surface area contributed by atoms with Crippen molar-refractivity contribution in [2.24, 2.45) is 0 Å². The lowest BCUT2D eigenvalue weighted by molar-refractivity contribution is -0.137. The van der Waals surface area contributed by atoms with E-state index in [1.54, 1.807) is 0 Å². The molecular formula is C16H12F4O3. The van der Waals surface area contributed by atoms with Crippen LogP contribution in [0.15, 0.2) is 36.4 Å². The average molecular weight is 328 g/mol. The molecular weight excluding hydrogens is 316 g/mol. The zero-order valence-corrected chi connectivity index (χ0v) is 12.2. The van der Waals surface area contributed by atoms with Crippen molar-refractivity contribution >= 4 is 5.97 Å². The fraction of sp³-hybridized carbons (Fsp3) is 0.188. The second kappa shape index (κ2) is 6.28. The van der Waals surface area contributed by atoms with Gasteiger partial charge in [0, 0.05) is 11.6 Å². The summed E-state index contributed by atoms with van der Waals surface area (Å²) in [5.41, 5.74) is -0.834. The molecule has 2 aromatic rings. The highest BCUT2D eigenvalue weighted by molar-refractivity contribution is 5.98. The molecule has 3 nitrogen and oxygen atoms in total. The monoisotopic (exact) mass is 328 g/mol. The SMILES string of the molecule is COC(=O)c1cc(C(F)(F)F)ccc1-c1ccc(F)cc1OC. The number of rotatable bonds is 3. The molecule has 0 atom stereocenters. The summed E-state index contributed by atoms with van der Waals surface area (Å²) in [6, 6.07) is 6.19. The van der Waals surface area contributed by atoms with E-state index in [2.05, 4.69) is 4.74 Å². The Kier molecular flexibility index (Phi) is 4.58. The molecule has 0 saturated heterocycles. The van der Waals surface area contributed by atoms with Crippen LogP contribution >= 0.6 is 0 Å². The van der Waals surface area contributed by atoms with Crippen molar-refractivity contribution in [1.82, 2.24) is 0 Å². The number of halogens is 4. The van der Waals surface area contributed by atoms with E-state index in [1.807, 2.05) is 0 Å². The summed E-state index contributed by atoms with van der Waals surface area (Å²) in [4.78, 5) is 11.8. The van der Waals surface area contributed by atoms with E-state index in [4.69, 9.17) is 4.74 Å². The van der Waals surface area contributed by atoms with Gasteiger partial charge < -0.3 is 9.47 Å². The third kappa shape index (κ3) is 3.44. The van der Waals surface area contributed by atoms with Gasteiger partial charge in [-0.25, -0.2) is 9.18 Å². The lowest BCUT2D eigenvalue weighted by Crippen LogP contribution is -2.10. The maximum atomic E-state index is 13.3. The first kappa shape index (κ1) is 16.8. The minimum atomic E-state index is -4.60. The number of carbonyl (C=O) groups excluding carboxylic acids is 1. The fourth-order valence-electron chi connectivity index (χ4n) is 2.12. The van der Waals surface area contributed by atoms with Crippen LogP contribution in [0.25, 0.3) is 11.1 Å². The van der Waals surface area contributed by atoms with Gasteiger partial charge in [0.1, 0.15) is 11.6 Å². The van der Waals surface area contributed by atoms with Crippen molar-refractivity contribution in [3.05, 3.63) is 53.3 Å². The van der Waals surface area contributed by atoms with Gasteiger partial charge in [-0.3, -0.25) is 0 Å². The number of ether oxygens (including phenoxy) is 2. The van der Waals surface area contributed by atoms with Crippen LogP contribution in [-0.2, 0) is 10.9 Å². The molecule has 0 aliphatic rings. The van der Waals surface area contributed by atoms with Gasteiger partial charge >= 0.3 is 12.1 Å². The Labute approximate surface area is 129 Å². The molecule has 0 fully saturated rings. The van der Waals surface area contributed by atoms with Crippen molar-refractivity contribution in [3.63, 3.8) is 0 Å². The number of hydrogen-bond acceptors (Lipinski definition) is 3. The van der Waals surface area contributed by atoms with E-state index < -0.39 is 23.5 Å². The van der Waals surface area contributed by atoms with Gasteiger partial charge in [0.15, 0.2) is 0 Å². The molecule has 0 spiro atoms. The van der Waals surface area contributed by atoms with Crippen LogP contribution in [-0.4, -0.2) is 20.2 Å². The average Bonchev–Trinajstić information content (AvgIpc) is 2.52. The first-order chi connectivity index (χ1) is 10.8. The molecule has 0 amide bonds. The van der Waals surface area contributed by atoms with Crippen LogP contribution in [0.2, 0.25) is 0 Å². The second-order valence-electron chi connectivity index (χ2n) is 4.59. The molecule has 0 aliphatic heterocycles. The summed E-state index contributed by atoms with van der Waals surface area (Å²) in [5, 5.41) is 0. The molecule has 0 aromatic heterocycles. The van der Waals surface area contributed by atoms with Crippen LogP contribution in [0.5, 0.6) is 5.75 Å². The van der Waals surface area contributed by atoms with E-state index in [9.17, 15) is 22.4 Å². The summed E-state index contributed by atoms with van der Waals surface area (Å²) >= 11 is 0. The predicted molar refractivity (Wildman–Crippen MR) is 74.7 cm³/mol. The number of methoxy groups -OCH3 is 2. The van der Waals surface area contributed by atoms with Crippen molar-refractivity contribution in [1.29, 1.82) is 0 Å². The molecule has 0 aliphatic carbocycles. The molecule has 0 bridgehead atoms. The Morgan fingerprint density at radius 2 is 1.65 bits per heavy atom. The Balaban J connectivity index is 2.69. The minimum Gasteiger partial charge on any atom is -0.496 e. The minimum absolute atomic E-state index is 0.0925. The summed E-state index contributed by atoms with van der Waals surface area (Å²) in [6.45, 7) is 0. The molecule has 122 valence electrons. The maximum absolute atomic E-state index is 13.3. The third-order valence-corrected chi connectivity index (χ3v) is 3.21. The van der Waals surface area contributed by atoms with Crippen LogP contribution < -0.4 is 4.74 Å². The highest BCUT2D eigenvalue weighted by atomic mass is 19.4. The summed E-state index contributed by atoms with van der Waals surface area (Å²) in [7, 11) is 2.36. The highest BCUT2D eigenvalue weighted by Gasteiger charge is 2.32. The van der Waals surface area contributed by atoms with Crippen molar-refractivity contribution in [2.45, 2.75) is 6.18 Å². The van der Waals surface area contributed by atoms with Crippen LogP contribution in [0.3, 0.4) is 0 Å². The number of benzene rings is 2. The zero-order valence-electron chi connectivity index (χ0n) is 12.2. The lowest BCUT2D eigenvalue weighted by Gasteiger charge is -2.14. The molecule has 0 saturated carbocycles. The van der Waals surface area contributed by atoms with Crippen LogP contribution in [0.1, 0.15) is 15.9 Å². The first-order valence-electron chi connectivity index (χ1n) is 6.41. The summed E-state index contributed by atoms with van der Waals surface area (Å²) in [6.07, 6.45) is -4.60. The largest absolute Gasteiger partial charge is 0.496 e. The van der Waals surface area contributed by atoms with Gasteiger partial charge in [0.2, 0.25) is 0 Å². The molecule has 0 heterocycles. The number of hydrogen-bond donors (Lipinski definition) is 0. The Morgan fingerprint density at radius 1 is 1.00 bits per heavy atom. The number of carbonyl (C=O) groups is 1. The van der Waals surface area contributed by atoms with E-state index in [1.165, 1.54) is 13.2 Å². The quantitative estimate of drug-likeness (QED) is 0.622. The standard InChI is InChI=1S/C16H12F4O3/c1-22-14-8-10(17)4-6-12(14)11-5-3-9(16(18,19)20)7-13(11)15(21)23-2/h3-8H,1-2H3. The number of esters is 1. The number of alkyl halides is 3. The van der Waals surface area contributed by atoms with Crippen LogP contribution in [0.4, 0.5) is 17.6 Å². The molecule has 7 heteroatoms. The Hall–Kier alpha value is -2.57. The lowest BCUT2D eigenvalue weighted by atomic mass is 9.96. The van der Waals surface area contributed by atoms with Gasteiger partial charge in [-0.1, -0.05) is 6.07 Å². The van der Waals surface area contributed by atoms with Crippen LogP contribution in [0, 0.1) is 5.82 Å². The molecule has 2 rings (SSSR count). The van der Waals surface area contributed by atoms with Gasteiger partial charge in [-0.15, -0.1) is 0 Å². The Bertz CT molecular complexity index is 739. The van der Waals surface area contributed by atoms with Gasteiger partial charge in [0.05, 0.1) is 25.3 Å². The normalized spacial score (nSPS) is 11.2. The third-order valence-electron chi connectivity index (χ3n) is 3.21. The second-order valence-corrected chi connectivity index (χ2v) is 4.59. The molecule has 0 unspecified atom stereocenters. The molecule has 23 heavy (non-hydrogen) atoms. The Morgan fingerprint density at radius 3 is 2.22 bits per heavy atom. The first-order valence-corrected chi connectivity index (χ1v) is 6.41. The zero-order chi connectivity index (χ0) is 17.2. The predicted octanol–water partition coefficient (Wildman–Crippen LogP) is 4.31. The van der Waals surface area contributed by atoms with E-state index in [-0.39, 0.29) is 22.4 Å². The van der Waals surface area contributed by atoms with E-state index in [0.717, 1.165) is 31.4 Å². The summed E-state index contributed by atoms with van der Waals surface area (Å²) in [5.74, 6) is -1.41. The van der Waals surface area contributed by atoms with Crippen molar-refractivity contribution < 1.29 is 31.8 Å². The topological polar surface area (TPSA) is 35.5 Å². The van der Waals surface area contributed by atoms with Gasteiger partial charge in [0.25, 0.3) is 0 Å². The summed E-state index contributed by atoms with van der Waals surface area (Å²) < 4.78 is 61.4. The fourth-order valence-corrected chi connectivity index (χ4v) is 2.12. The molecule has 0 radical (unpaired) electrons. The highest BCUT2D eigenvalue weighted by Crippen LogP contribution is 2.37. The van der Waals surface area contributed by atoms with E-state index >= 15 is 0 Å². The van der Waals surface area contributed by atoms with Crippen molar-refractivity contribution in [2.75, 3.05) is 14.2 Å². The van der Waals surface area contributed by atoms with Crippen molar-refractivity contribution in [3.8, 4) is 16.9 Å². The maximum Gasteiger partial charge on any atom is 0.416 e. The smallest absolute Gasteiger partial charge is 0.416 e.